The molecule has 1 fully saturated rings. The molecule has 5 rings (SSSR count). The number of ether oxygens (including phenoxy) is 3. The molecule has 1 saturated heterocycles. The normalized spacial score (nSPS) is 15.2. The molecule has 1 aliphatic rings. The fourth-order valence-electron chi connectivity index (χ4n) is 5.25. The summed E-state index contributed by atoms with van der Waals surface area (Å²) in [6.45, 7) is 4.06. The molecule has 0 atom stereocenters. The molecule has 1 N–H and O–H groups in total. The quantitative estimate of drug-likeness (QED) is 0.262. The van der Waals surface area contributed by atoms with Gasteiger partial charge in [-0.1, -0.05) is 13.3 Å². The van der Waals surface area contributed by atoms with E-state index in [0.29, 0.717) is 63.7 Å². The Bertz CT molecular complexity index is 1910. The molecule has 0 bridgehead atoms. The number of nitrogens with zero attached hydrogens (tertiary/aromatic N) is 4. The molecule has 0 saturated carbocycles. The first-order valence-corrected chi connectivity index (χ1v) is 15.7. The minimum atomic E-state index is -4.06. The zero-order chi connectivity index (χ0) is 31.6. The Morgan fingerprint density at radius 2 is 1.77 bits per heavy atom. The van der Waals surface area contributed by atoms with Crippen LogP contribution < -0.4 is 19.8 Å². The van der Waals surface area contributed by atoms with Gasteiger partial charge in [0.2, 0.25) is 10.0 Å². The van der Waals surface area contributed by atoms with E-state index in [9.17, 15) is 18.0 Å². The van der Waals surface area contributed by atoms with Crippen molar-refractivity contribution in [2.24, 2.45) is 7.05 Å². The number of H-pyrrole nitrogens is 1. The van der Waals surface area contributed by atoms with Crippen LogP contribution in [-0.2, 0) is 28.3 Å². The standard InChI is InChI=1S/C31H35N5O7S/c1-6-8-25-28-29(35(3)34-25)31(38)33-30(32-28)24-17-23(9-10-27(24)43-7-2)44(39,40)36-12-11-26(37)20(18-36)13-19-14-21(41-4)16-22(15-19)42-5/h9-10,13-17H,6-8,11-12,18H2,1-5H3,(H,32,33,38)/b20-13-. The number of rotatable bonds is 10. The van der Waals surface area contributed by atoms with Crippen LogP contribution in [0.5, 0.6) is 17.2 Å². The summed E-state index contributed by atoms with van der Waals surface area (Å²) in [7, 11) is 0.681. The van der Waals surface area contributed by atoms with E-state index >= 15 is 0 Å². The third-order valence-corrected chi connectivity index (χ3v) is 9.24. The summed E-state index contributed by atoms with van der Waals surface area (Å²) in [5.74, 6) is 1.50. The van der Waals surface area contributed by atoms with Gasteiger partial charge in [-0.05, 0) is 55.3 Å². The number of carbonyl (C=O) groups excluding carboxylic acids is 1. The summed E-state index contributed by atoms with van der Waals surface area (Å²) >= 11 is 0. The van der Waals surface area contributed by atoms with Gasteiger partial charge in [0.15, 0.2) is 11.3 Å². The van der Waals surface area contributed by atoms with E-state index in [1.54, 1.807) is 37.4 Å². The first kappa shape index (κ1) is 31.0. The lowest BCUT2D eigenvalue weighted by Gasteiger charge is -2.27. The molecule has 0 amide bonds. The van der Waals surface area contributed by atoms with E-state index in [-0.39, 0.29) is 36.0 Å². The van der Waals surface area contributed by atoms with Crippen LogP contribution in [0.2, 0.25) is 0 Å². The first-order chi connectivity index (χ1) is 21.1. The summed E-state index contributed by atoms with van der Waals surface area (Å²) in [5, 5.41) is 4.47. The van der Waals surface area contributed by atoms with Gasteiger partial charge in [0, 0.05) is 38.2 Å². The third-order valence-electron chi connectivity index (χ3n) is 7.40. The summed E-state index contributed by atoms with van der Waals surface area (Å²) in [6.07, 6.45) is 3.13. The SMILES string of the molecule is CCCc1nn(C)c2c(=O)[nH]c(-c3cc(S(=O)(=O)N4CCC(=O)/C(=C\c5cc(OC)cc(OC)c5)C4)ccc3OCC)nc12. The van der Waals surface area contributed by atoms with Gasteiger partial charge in [0.25, 0.3) is 5.56 Å². The van der Waals surface area contributed by atoms with Crippen LogP contribution >= 0.6 is 0 Å². The highest BCUT2D eigenvalue weighted by Gasteiger charge is 2.32. The summed E-state index contributed by atoms with van der Waals surface area (Å²) in [4.78, 5) is 33.5. The van der Waals surface area contributed by atoms with Crippen molar-refractivity contribution in [2.45, 2.75) is 38.0 Å². The van der Waals surface area contributed by atoms with Gasteiger partial charge in [0.05, 0.1) is 37.0 Å². The van der Waals surface area contributed by atoms with Crippen molar-refractivity contribution in [2.75, 3.05) is 33.9 Å². The van der Waals surface area contributed by atoms with Crippen molar-refractivity contribution in [1.29, 1.82) is 0 Å². The van der Waals surface area contributed by atoms with E-state index in [4.69, 9.17) is 19.2 Å². The van der Waals surface area contributed by atoms with Crippen molar-refractivity contribution in [3.63, 3.8) is 0 Å². The van der Waals surface area contributed by atoms with Crippen molar-refractivity contribution in [3.8, 4) is 28.6 Å². The molecule has 1 aliphatic heterocycles. The van der Waals surface area contributed by atoms with E-state index in [0.717, 1.165) is 6.42 Å². The number of hydrogen-bond acceptors (Lipinski definition) is 9. The first-order valence-electron chi connectivity index (χ1n) is 14.3. The van der Waals surface area contributed by atoms with Crippen molar-refractivity contribution in [3.05, 3.63) is 63.6 Å². The number of aryl methyl sites for hydroxylation is 2. The van der Waals surface area contributed by atoms with Gasteiger partial charge in [0.1, 0.15) is 28.6 Å². The maximum atomic E-state index is 14.0. The fourth-order valence-corrected chi connectivity index (χ4v) is 6.70. The number of sulfonamides is 1. The number of methoxy groups -OCH3 is 2. The molecule has 13 heteroatoms. The largest absolute Gasteiger partial charge is 0.497 e. The molecule has 3 heterocycles. The lowest BCUT2D eigenvalue weighted by atomic mass is 10.0. The maximum absolute atomic E-state index is 14.0. The van der Waals surface area contributed by atoms with Crippen LogP contribution in [0.4, 0.5) is 0 Å². The molecule has 232 valence electrons. The maximum Gasteiger partial charge on any atom is 0.277 e. The monoisotopic (exact) mass is 621 g/mol. The van der Waals surface area contributed by atoms with Crippen molar-refractivity contribution in [1.82, 2.24) is 24.1 Å². The van der Waals surface area contributed by atoms with Gasteiger partial charge in [-0.2, -0.15) is 9.40 Å². The van der Waals surface area contributed by atoms with Gasteiger partial charge in [-0.15, -0.1) is 0 Å². The van der Waals surface area contributed by atoms with Crippen molar-refractivity contribution < 1.29 is 27.4 Å². The zero-order valence-corrected chi connectivity index (χ0v) is 26.2. The van der Waals surface area contributed by atoms with E-state index in [2.05, 4.69) is 10.1 Å². The van der Waals surface area contributed by atoms with E-state index in [1.807, 2.05) is 13.8 Å². The number of fused-ring (bicyclic) bond motifs is 1. The Morgan fingerprint density at radius 1 is 1.05 bits per heavy atom. The molecule has 2 aromatic carbocycles. The molecular formula is C31H35N5O7S. The molecule has 2 aromatic heterocycles. The Kier molecular flexibility index (Phi) is 8.88. The minimum absolute atomic E-state index is 0.0181. The zero-order valence-electron chi connectivity index (χ0n) is 25.3. The number of aromatic nitrogens is 4. The second-order valence-electron chi connectivity index (χ2n) is 10.4. The summed E-state index contributed by atoms with van der Waals surface area (Å²) in [5.41, 5.74) is 2.41. The van der Waals surface area contributed by atoms with E-state index in [1.165, 1.54) is 35.3 Å². The summed E-state index contributed by atoms with van der Waals surface area (Å²) < 4.78 is 47.2. The van der Waals surface area contributed by atoms with Gasteiger partial charge in [-0.25, -0.2) is 13.4 Å². The average Bonchev–Trinajstić information content (AvgIpc) is 3.33. The highest BCUT2D eigenvalue weighted by Crippen LogP contribution is 2.33. The highest BCUT2D eigenvalue weighted by molar-refractivity contribution is 7.89. The smallest absolute Gasteiger partial charge is 0.277 e. The Morgan fingerprint density at radius 3 is 2.43 bits per heavy atom. The second kappa shape index (κ2) is 12.6. The summed E-state index contributed by atoms with van der Waals surface area (Å²) in [6, 6.07) is 9.67. The molecular weight excluding hydrogens is 586 g/mol. The predicted molar refractivity (Wildman–Crippen MR) is 166 cm³/mol. The van der Waals surface area contributed by atoms with Crippen LogP contribution in [0, 0.1) is 0 Å². The lowest BCUT2D eigenvalue weighted by Crippen LogP contribution is -2.40. The molecule has 0 spiro atoms. The molecule has 0 radical (unpaired) electrons. The number of benzene rings is 2. The van der Waals surface area contributed by atoms with Crippen LogP contribution in [0.1, 0.15) is 37.9 Å². The molecule has 12 nitrogen and oxygen atoms in total. The fraction of sp³-hybridized carbons (Fsp3) is 0.355. The second-order valence-corrected chi connectivity index (χ2v) is 12.3. The molecule has 0 aliphatic carbocycles. The number of nitrogens with one attached hydrogen (secondary N) is 1. The average molecular weight is 622 g/mol. The number of piperidine rings is 1. The Hall–Kier alpha value is -4.49. The van der Waals surface area contributed by atoms with E-state index < -0.39 is 15.6 Å². The lowest BCUT2D eigenvalue weighted by molar-refractivity contribution is -0.116. The number of carbonyl (C=O) groups is 1. The van der Waals surface area contributed by atoms with Crippen LogP contribution in [0.3, 0.4) is 0 Å². The van der Waals surface area contributed by atoms with Crippen LogP contribution in [0.15, 0.2) is 51.7 Å². The van der Waals surface area contributed by atoms with Gasteiger partial charge in [-0.3, -0.25) is 14.3 Å². The Balaban J connectivity index is 1.55. The molecule has 0 unspecified atom stereocenters. The molecule has 4 aromatic rings. The number of ketones is 1. The minimum Gasteiger partial charge on any atom is -0.497 e. The highest BCUT2D eigenvalue weighted by atomic mass is 32.2. The van der Waals surface area contributed by atoms with Crippen LogP contribution in [0.25, 0.3) is 28.5 Å². The third kappa shape index (κ3) is 5.97. The van der Waals surface area contributed by atoms with Gasteiger partial charge < -0.3 is 19.2 Å². The van der Waals surface area contributed by atoms with Crippen LogP contribution in [-0.4, -0.2) is 72.2 Å². The van der Waals surface area contributed by atoms with Crippen molar-refractivity contribution >= 4 is 32.9 Å². The number of aromatic amines is 1. The molecule has 44 heavy (non-hydrogen) atoms. The number of Topliss-reactive ketones (excluding diaryl/α,β-unsaturated/α-hetero) is 1. The number of hydrogen-bond donors (Lipinski definition) is 1. The topological polar surface area (TPSA) is 146 Å². The Labute approximate surface area is 255 Å². The predicted octanol–water partition coefficient (Wildman–Crippen LogP) is 3.74. The van der Waals surface area contributed by atoms with Gasteiger partial charge >= 0.3 is 0 Å².